The quantitative estimate of drug-likeness (QED) is 0.792. The molecule has 0 radical (unpaired) electrons. The lowest BCUT2D eigenvalue weighted by Crippen LogP contribution is -2.15. The zero-order valence-corrected chi connectivity index (χ0v) is 8.19. The molecule has 0 saturated heterocycles. The molecule has 0 aromatic carbocycles. The first kappa shape index (κ1) is 11.0. The summed E-state index contributed by atoms with van der Waals surface area (Å²) in [6.07, 6.45) is -4.53. The van der Waals surface area contributed by atoms with Gasteiger partial charge in [-0.25, -0.2) is 4.98 Å². The summed E-state index contributed by atoms with van der Waals surface area (Å²) in [6, 6.07) is 1.67. The van der Waals surface area contributed by atoms with Crippen LogP contribution in [0.15, 0.2) is 16.7 Å². The second kappa shape index (κ2) is 3.56. The number of halogens is 4. The van der Waals surface area contributed by atoms with Gasteiger partial charge >= 0.3 is 6.18 Å². The molecule has 2 N–H and O–H groups in total. The van der Waals surface area contributed by atoms with Crippen LogP contribution in [0.25, 0.3) is 0 Å². The van der Waals surface area contributed by atoms with Crippen molar-refractivity contribution in [2.45, 2.75) is 6.18 Å². The molecular weight excluding hydrogens is 265 g/mol. The first-order valence-corrected chi connectivity index (χ1v) is 4.15. The van der Waals surface area contributed by atoms with E-state index in [-0.39, 0.29) is 10.2 Å². The van der Waals surface area contributed by atoms with Crippen molar-refractivity contribution < 1.29 is 18.0 Å². The Kier molecular flexibility index (Phi) is 2.79. The Bertz CT molecular complexity index is 378. The number of hydrogen-bond donors (Lipinski definition) is 1. The molecule has 1 aromatic rings. The topological polar surface area (TPSA) is 56.0 Å². The molecule has 76 valence electrons. The Morgan fingerprint density at radius 3 is 2.36 bits per heavy atom. The number of hydrogen-bond acceptors (Lipinski definition) is 2. The van der Waals surface area contributed by atoms with Gasteiger partial charge in [-0.05, 0) is 28.1 Å². The summed E-state index contributed by atoms with van der Waals surface area (Å²) in [6.45, 7) is 0. The lowest BCUT2D eigenvalue weighted by Gasteiger charge is -2.06. The van der Waals surface area contributed by atoms with Crippen LogP contribution in [0.1, 0.15) is 16.1 Å². The number of aromatic nitrogens is 1. The molecule has 7 heteroatoms. The van der Waals surface area contributed by atoms with Crippen LogP contribution in [0.4, 0.5) is 13.2 Å². The van der Waals surface area contributed by atoms with Gasteiger partial charge in [0.2, 0.25) is 0 Å². The van der Waals surface area contributed by atoms with Crippen molar-refractivity contribution in [3.8, 4) is 0 Å². The maximum absolute atomic E-state index is 12.1. The highest BCUT2D eigenvalue weighted by Crippen LogP contribution is 2.29. The van der Waals surface area contributed by atoms with Crippen LogP contribution in [-0.4, -0.2) is 10.9 Å². The number of primary amides is 1. The molecule has 0 aliphatic heterocycles. The van der Waals surface area contributed by atoms with Gasteiger partial charge < -0.3 is 5.73 Å². The normalized spacial score (nSPS) is 11.4. The maximum atomic E-state index is 12.1. The van der Waals surface area contributed by atoms with E-state index < -0.39 is 17.8 Å². The molecule has 0 unspecified atom stereocenters. The smallest absolute Gasteiger partial charge is 0.366 e. The van der Waals surface area contributed by atoms with Crippen molar-refractivity contribution in [2.24, 2.45) is 5.73 Å². The Morgan fingerprint density at radius 1 is 1.43 bits per heavy atom. The van der Waals surface area contributed by atoms with Crippen LogP contribution in [0.5, 0.6) is 0 Å². The number of rotatable bonds is 1. The van der Waals surface area contributed by atoms with Crippen molar-refractivity contribution in [1.82, 2.24) is 4.98 Å². The van der Waals surface area contributed by atoms with Gasteiger partial charge in [-0.15, -0.1) is 0 Å². The van der Waals surface area contributed by atoms with Gasteiger partial charge in [0, 0.05) is 0 Å². The van der Waals surface area contributed by atoms with E-state index in [1.165, 1.54) is 0 Å². The van der Waals surface area contributed by atoms with Crippen LogP contribution in [0.3, 0.4) is 0 Å². The number of carbonyl (C=O) groups is 1. The van der Waals surface area contributed by atoms with E-state index in [4.69, 9.17) is 5.73 Å². The molecule has 0 spiro atoms. The standard InChI is InChI=1S/C7H4BrF3N2O/c8-5-3(6(12)14)1-2-4(13-5)7(9,10)11/h1-2H,(H2,12,14). The monoisotopic (exact) mass is 268 g/mol. The average molecular weight is 269 g/mol. The summed E-state index contributed by atoms with van der Waals surface area (Å²) >= 11 is 2.73. The predicted octanol–water partition coefficient (Wildman–Crippen LogP) is 1.96. The number of nitrogens with two attached hydrogens (primary N) is 1. The van der Waals surface area contributed by atoms with E-state index in [0.29, 0.717) is 6.07 Å². The van der Waals surface area contributed by atoms with Crippen molar-refractivity contribution in [2.75, 3.05) is 0 Å². The minimum absolute atomic E-state index is 0.0852. The number of pyridine rings is 1. The van der Waals surface area contributed by atoms with Crippen LogP contribution in [0, 0.1) is 0 Å². The van der Waals surface area contributed by atoms with Crippen LogP contribution in [-0.2, 0) is 6.18 Å². The fourth-order valence-corrected chi connectivity index (χ4v) is 1.29. The third-order valence-corrected chi connectivity index (χ3v) is 2.01. The van der Waals surface area contributed by atoms with E-state index in [1.807, 2.05) is 0 Å². The Balaban J connectivity index is 3.20. The van der Waals surface area contributed by atoms with Crippen LogP contribution < -0.4 is 5.73 Å². The molecule has 0 fully saturated rings. The van der Waals surface area contributed by atoms with Gasteiger partial charge in [0.15, 0.2) is 0 Å². The molecule has 1 rings (SSSR count). The Morgan fingerprint density at radius 2 is 2.00 bits per heavy atom. The van der Waals surface area contributed by atoms with Gasteiger partial charge in [-0.2, -0.15) is 13.2 Å². The highest BCUT2D eigenvalue weighted by Gasteiger charge is 2.33. The van der Waals surface area contributed by atoms with Gasteiger partial charge in [-0.3, -0.25) is 4.79 Å². The second-order valence-electron chi connectivity index (χ2n) is 2.40. The lowest BCUT2D eigenvalue weighted by molar-refractivity contribution is -0.141. The van der Waals surface area contributed by atoms with Crippen molar-refractivity contribution in [3.05, 3.63) is 28.0 Å². The largest absolute Gasteiger partial charge is 0.433 e. The van der Waals surface area contributed by atoms with Crippen LogP contribution in [0.2, 0.25) is 0 Å². The predicted molar refractivity (Wildman–Crippen MR) is 45.5 cm³/mol. The summed E-state index contributed by atoms with van der Waals surface area (Å²) in [5, 5.41) is 0. The van der Waals surface area contributed by atoms with E-state index in [9.17, 15) is 18.0 Å². The molecule has 0 atom stereocenters. The minimum atomic E-state index is -4.53. The summed E-state index contributed by atoms with van der Waals surface area (Å²) in [4.78, 5) is 13.8. The molecule has 1 aromatic heterocycles. The molecule has 14 heavy (non-hydrogen) atoms. The summed E-state index contributed by atoms with van der Waals surface area (Å²) in [7, 11) is 0. The van der Waals surface area contributed by atoms with E-state index in [1.54, 1.807) is 0 Å². The molecule has 3 nitrogen and oxygen atoms in total. The van der Waals surface area contributed by atoms with Crippen molar-refractivity contribution in [1.29, 1.82) is 0 Å². The van der Waals surface area contributed by atoms with E-state index in [0.717, 1.165) is 6.07 Å². The number of nitrogens with zero attached hydrogens (tertiary/aromatic N) is 1. The fraction of sp³-hybridized carbons (Fsp3) is 0.143. The molecule has 0 saturated carbocycles. The van der Waals surface area contributed by atoms with Gasteiger partial charge in [0.1, 0.15) is 10.3 Å². The average Bonchev–Trinajstić information content (AvgIpc) is 2.01. The van der Waals surface area contributed by atoms with Gasteiger partial charge in [0.25, 0.3) is 5.91 Å². The highest BCUT2D eigenvalue weighted by molar-refractivity contribution is 9.10. The molecule has 0 aliphatic rings. The lowest BCUT2D eigenvalue weighted by atomic mass is 10.2. The van der Waals surface area contributed by atoms with Crippen molar-refractivity contribution in [3.63, 3.8) is 0 Å². The summed E-state index contributed by atoms with van der Waals surface area (Å²) in [5.74, 6) is -0.835. The molecule has 1 heterocycles. The Labute approximate surface area is 85.2 Å². The number of alkyl halides is 3. The van der Waals surface area contributed by atoms with Crippen LogP contribution >= 0.6 is 15.9 Å². The summed E-state index contributed by atoms with van der Waals surface area (Å²) in [5.41, 5.74) is 3.72. The maximum Gasteiger partial charge on any atom is 0.433 e. The third-order valence-electron chi connectivity index (χ3n) is 1.40. The molecule has 0 bridgehead atoms. The SMILES string of the molecule is NC(=O)c1ccc(C(F)(F)F)nc1Br. The molecular formula is C7H4BrF3N2O. The van der Waals surface area contributed by atoms with Gasteiger partial charge in [-0.1, -0.05) is 0 Å². The highest BCUT2D eigenvalue weighted by atomic mass is 79.9. The third kappa shape index (κ3) is 2.22. The fourth-order valence-electron chi connectivity index (χ4n) is 0.776. The van der Waals surface area contributed by atoms with Crippen molar-refractivity contribution >= 4 is 21.8 Å². The number of amides is 1. The minimum Gasteiger partial charge on any atom is -0.366 e. The second-order valence-corrected chi connectivity index (χ2v) is 3.15. The first-order chi connectivity index (χ1) is 6.32. The molecule has 0 aliphatic carbocycles. The molecule has 1 amide bonds. The summed E-state index contributed by atoms with van der Waals surface area (Å²) < 4.78 is 36.1. The van der Waals surface area contributed by atoms with E-state index >= 15 is 0 Å². The first-order valence-electron chi connectivity index (χ1n) is 3.36. The van der Waals surface area contributed by atoms with Gasteiger partial charge in [0.05, 0.1) is 5.56 Å². The Hall–Kier alpha value is -1.11. The van der Waals surface area contributed by atoms with E-state index in [2.05, 4.69) is 20.9 Å². The zero-order chi connectivity index (χ0) is 10.9. The number of carbonyl (C=O) groups excluding carboxylic acids is 1. The zero-order valence-electron chi connectivity index (χ0n) is 6.60.